The molecule has 32 heavy (non-hydrogen) atoms. The first kappa shape index (κ1) is 23.8. The molecule has 4 aliphatic rings. The number of alkyl halides is 2. The van der Waals surface area contributed by atoms with E-state index >= 15 is 0 Å². The number of allylic oxidation sites excluding steroid dienone is 4. The Morgan fingerprint density at radius 3 is 2.66 bits per heavy atom. The maximum atomic E-state index is 13.3. The van der Waals surface area contributed by atoms with Crippen molar-refractivity contribution in [2.75, 3.05) is 6.61 Å². The van der Waals surface area contributed by atoms with E-state index < -0.39 is 39.3 Å². The summed E-state index contributed by atoms with van der Waals surface area (Å²) >= 11 is 11.5. The Morgan fingerprint density at radius 2 is 2.00 bits per heavy atom. The quantitative estimate of drug-likeness (QED) is 0.480. The molecule has 8 heteroatoms. The van der Waals surface area contributed by atoms with Gasteiger partial charge in [-0.15, -0.1) is 0 Å². The molecule has 0 spiro atoms. The normalized spacial score (nSPS) is 42.6. The molecule has 0 bridgehead atoms. The molecule has 3 fully saturated rings. The Kier molecular flexibility index (Phi) is 6.05. The summed E-state index contributed by atoms with van der Waals surface area (Å²) in [5.74, 6) is -1.47. The Morgan fingerprint density at radius 1 is 1.28 bits per heavy atom. The van der Waals surface area contributed by atoms with E-state index in [2.05, 4.69) is 6.92 Å². The second kappa shape index (κ2) is 8.14. The summed E-state index contributed by atoms with van der Waals surface area (Å²) in [5.41, 5.74) is -1.74. The monoisotopic (exact) mass is 484 g/mol. The summed E-state index contributed by atoms with van der Waals surface area (Å²) in [6.45, 7) is 5.85. The molecule has 1 N–H and O–H groups in total. The van der Waals surface area contributed by atoms with Crippen molar-refractivity contribution in [1.29, 1.82) is 0 Å². The molecule has 0 radical (unpaired) electrons. The van der Waals surface area contributed by atoms with Crippen LogP contribution in [0.5, 0.6) is 0 Å². The van der Waals surface area contributed by atoms with Gasteiger partial charge in [-0.25, -0.2) is 9.59 Å². The molecule has 0 aromatic rings. The third kappa shape index (κ3) is 3.28. The first-order valence-electron chi connectivity index (χ1n) is 11.3. The lowest BCUT2D eigenvalue weighted by Crippen LogP contribution is -2.63. The standard InChI is InChI=1S/C24H30Cl2O6/c1-4-31-21(30)24(32-20(29)19(25)26)10-8-16-15-6-5-13-11-14(27)7-9-22(13,2)18(15)17(28)12-23(16,24)3/h7,9,11,15-19,28H,4-6,8,10,12H2,1-3H3. The fourth-order valence-electron chi connectivity index (χ4n) is 7.32. The van der Waals surface area contributed by atoms with Crippen molar-refractivity contribution in [2.24, 2.45) is 28.6 Å². The van der Waals surface area contributed by atoms with Gasteiger partial charge < -0.3 is 14.6 Å². The van der Waals surface area contributed by atoms with Crippen molar-refractivity contribution in [3.63, 3.8) is 0 Å². The van der Waals surface area contributed by atoms with E-state index in [0.29, 0.717) is 12.8 Å². The number of hydrogen-bond donors (Lipinski definition) is 1. The SMILES string of the molecule is CCOC(=O)C1(OC(=O)C(Cl)Cl)CCC2C3CCC4=CC(=O)C=CC4(C)C3C(O)CC21C. The zero-order valence-corrected chi connectivity index (χ0v) is 20.1. The van der Waals surface area contributed by atoms with Crippen LogP contribution in [-0.2, 0) is 23.9 Å². The van der Waals surface area contributed by atoms with Gasteiger partial charge in [-0.2, -0.15) is 0 Å². The molecular weight excluding hydrogens is 455 g/mol. The number of fused-ring (bicyclic) bond motifs is 5. The van der Waals surface area contributed by atoms with Gasteiger partial charge in [-0.05, 0) is 63.0 Å². The summed E-state index contributed by atoms with van der Waals surface area (Å²) in [6.07, 6.45) is 7.25. The summed E-state index contributed by atoms with van der Waals surface area (Å²) in [6, 6.07) is 0. The highest BCUT2D eigenvalue weighted by molar-refractivity contribution is 6.53. The number of rotatable bonds is 4. The molecule has 0 saturated heterocycles. The maximum absolute atomic E-state index is 13.3. The maximum Gasteiger partial charge on any atom is 0.351 e. The Balaban J connectivity index is 1.75. The molecule has 7 atom stereocenters. The van der Waals surface area contributed by atoms with Crippen LogP contribution in [0.4, 0.5) is 0 Å². The van der Waals surface area contributed by atoms with Crippen molar-refractivity contribution < 1.29 is 29.0 Å². The van der Waals surface area contributed by atoms with E-state index in [1.54, 1.807) is 19.1 Å². The predicted octanol–water partition coefficient (Wildman–Crippen LogP) is 3.91. The molecule has 176 valence electrons. The fraction of sp³-hybridized carbons (Fsp3) is 0.708. The minimum atomic E-state index is -1.55. The zero-order chi connectivity index (χ0) is 23.5. The number of esters is 2. The molecule has 0 heterocycles. The summed E-state index contributed by atoms with van der Waals surface area (Å²) < 4.78 is 11.1. The molecule has 3 saturated carbocycles. The van der Waals surface area contributed by atoms with Gasteiger partial charge in [0.2, 0.25) is 10.4 Å². The Bertz CT molecular complexity index is 897. The number of aliphatic hydroxyl groups excluding tert-OH is 1. The van der Waals surface area contributed by atoms with Crippen LogP contribution in [0.15, 0.2) is 23.8 Å². The number of ether oxygens (including phenoxy) is 2. The highest BCUT2D eigenvalue weighted by Gasteiger charge is 2.71. The molecule has 0 aromatic heterocycles. The number of aliphatic hydroxyl groups is 1. The molecular formula is C24H30Cl2O6. The molecule has 7 unspecified atom stereocenters. The molecule has 0 aromatic carbocycles. The number of halogens is 2. The highest BCUT2D eigenvalue weighted by atomic mass is 35.5. The summed E-state index contributed by atoms with van der Waals surface area (Å²) in [5, 5.41) is 11.5. The summed E-state index contributed by atoms with van der Waals surface area (Å²) in [4.78, 5) is 36.3. The first-order chi connectivity index (χ1) is 15.0. The summed E-state index contributed by atoms with van der Waals surface area (Å²) in [7, 11) is 0. The molecule has 0 amide bonds. The first-order valence-corrected chi connectivity index (χ1v) is 12.2. The van der Waals surface area contributed by atoms with Crippen LogP contribution in [0.25, 0.3) is 0 Å². The Hall–Kier alpha value is -1.37. The minimum absolute atomic E-state index is 0.0168. The predicted molar refractivity (Wildman–Crippen MR) is 119 cm³/mol. The lowest BCUT2D eigenvalue weighted by Gasteiger charge is -2.59. The molecule has 0 aliphatic heterocycles. The second-order valence-electron chi connectivity index (χ2n) is 10.0. The average Bonchev–Trinajstić information content (AvgIpc) is 3.01. The number of ketones is 1. The third-order valence-corrected chi connectivity index (χ3v) is 9.03. The number of carbonyl (C=O) groups is 3. The van der Waals surface area contributed by atoms with Gasteiger partial charge >= 0.3 is 11.9 Å². The average molecular weight is 485 g/mol. The van der Waals surface area contributed by atoms with Crippen molar-refractivity contribution in [3.05, 3.63) is 23.8 Å². The number of carbonyl (C=O) groups excluding carboxylic acids is 3. The van der Waals surface area contributed by atoms with Crippen LogP contribution in [0.1, 0.15) is 52.9 Å². The smallest absolute Gasteiger partial charge is 0.351 e. The van der Waals surface area contributed by atoms with Crippen LogP contribution in [0, 0.1) is 28.6 Å². The van der Waals surface area contributed by atoms with Crippen LogP contribution in [-0.4, -0.2) is 46.0 Å². The van der Waals surface area contributed by atoms with E-state index in [4.69, 9.17) is 32.7 Å². The van der Waals surface area contributed by atoms with E-state index in [1.165, 1.54) is 0 Å². The lowest BCUT2D eigenvalue weighted by atomic mass is 9.46. The van der Waals surface area contributed by atoms with E-state index in [-0.39, 0.29) is 36.6 Å². The van der Waals surface area contributed by atoms with Crippen LogP contribution in [0.2, 0.25) is 0 Å². The van der Waals surface area contributed by atoms with E-state index in [1.807, 2.05) is 13.0 Å². The Labute approximate surface area is 198 Å². The molecule has 4 aliphatic carbocycles. The van der Waals surface area contributed by atoms with Gasteiger partial charge in [0.25, 0.3) is 0 Å². The van der Waals surface area contributed by atoms with Crippen LogP contribution >= 0.6 is 23.2 Å². The van der Waals surface area contributed by atoms with Crippen LogP contribution in [0.3, 0.4) is 0 Å². The topological polar surface area (TPSA) is 89.9 Å². The van der Waals surface area contributed by atoms with Gasteiger partial charge in [0.1, 0.15) is 0 Å². The van der Waals surface area contributed by atoms with Crippen molar-refractivity contribution >= 4 is 40.9 Å². The van der Waals surface area contributed by atoms with Gasteiger partial charge in [0, 0.05) is 16.7 Å². The third-order valence-electron chi connectivity index (χ3n) is 8.67. The minimum Gasteiger partial charge on any atom is -0.463 e. The highest BCUT2D eigenvalue weighted by Crippen LogP contribution is 2.68. The molecule has 6 nitrogen and oxygen atoms in total. The van der Waals surface area contributed by atoms with Gasteiger partial charge in [0.15, 0.2) is 5.78 Å². The zero-order valence-electron chi connectivity index (χ0n) is 18.6. The van der Waals surface area contributed by atoms with Gasteiger partial charge in [-0.1, -0.05) is 48.7 Å². The molecule has 4 rings (SSSR count). The van der Waals surface area contributed by atoms with E-state index in [0.717, 1.165) is 18.4 Å². The van der Waals surface area contributed by atoms with Gasteiger partial charge in [-0.3, -0.25) is 4.79 Å². The fourth-order valence-corrected chi connectivity index (χ4v) is 7.41. The second-order valence-corrected chi connectivity index (χ2v) is 11.1. The van der Waals surface area contributed by atoms with Crippen LogP contribution < -0.4 is 0 Å². The number of hydrogen-bond acceptors (Lipinski definition) is 6. The van der Waals surface area contributed by atoms with Crippen molar-refractivity contribution in [2.45, 2.75) is 69.4 Å². The lowest BCUT2D eigenvalue weighted by molar-refractivity contribution is -0.212. The van der Waals surface area contributed by atoms with Crippen molar-refractivity contribution in [3.8, 4) is 0 Å². The van der Waals surface area contributed by atoms with E-state index in [9.17, 15) is 19.5 Å². The van der Waals surface area contributed by atoms with Gasteiger partial charge in [0.05, 0.1) is 12.7 Å². The van der Waals surface area contributed by atoms with Crippen molar-refractivity contribution in [1.82, 2.24) is 0 Å². The largest absolute Gasteiger partial charge is 0.463 e.